The highest BCUT2D eigenvalue weighted by molar-refractivity contribution is 9.10. The zero-order chi connectivity index (χ0) is 21.7. The van der Waals surface area contributed by atoms with Gasteiger partial charge in [-0.1, -0.05) is 57.9 Å². The van der Waals surface area contributed by atoms with E-state index in [1.807, 2.05) is 54.6 Å². The number of imide groups is 1. The number of carbonyl (C=O) groups is 2. The van der Waals surface area contributed by atoms with Crippen LogP contribution in [0.25, 0.3) is 0 Å². The second kappa shape index (κ2) is 7.75. The Morgan fingerprint density at radius 1 is 0.903 bits per heavy atom. The van der Waals surface area contributed by atoms with E-state index in [2.05, 4.69) is 15.9 Å². The van der Waals surface area contributed by atoms with E-state index in [4.69, 9.17) is 16.4 Å². The first-order chi connectivity index (χ1) is 15.0. The third-order valence-electron chi connectivity index (χ3n) is 5.50. The smallest absolute Gasteiger partial charge is 0.266 e. The number of hydrogen-bond donors (Lipinski definition) is 0. The third-order valence-corrected chi connectivity index (χ3v) is 6.33. The molecular weight excluding hydrogens is 487 g/mol. The molecule has 5 nitrogen and oxygen atoms in total. The summed E-state index contributed by atoms with van der Waals surface area (Å²) in [7, 11) is 0. The molecule has 0 saturated carbocycles. The van der Waals surface area contributed by atoms with Gasteiger partial charge >= 0.3 is 0 Å². The highest BCUT2D eigenvalue weighted by Crippen LogP contribution is 2.47. The van der Waals surface area contributed by atoms with Gasteiger partial charge in [-0.25, -0.2) is 14.4 Å². The fourth-order valence-corrected chi connectivity index (χ4v) is 4.47. The summed E-state index contributed by atoms with van der Waals surface area (Å²) in [5.74, 6) is -2.46. The Bertz CT molecular complexity index is 1180. The molecule has 2 fully saturated rings. The van der Waals surface area contributed by atoms with E-state index in [-0.39, 0.29) is 10.7 Å². The quantitative estimate of drug-likeness (QED) is 0.458. The molecule has 0 bridgehead atoms. The molecule has 5 rings (SSSR count). The Balaban J connectivity index is 1.58. The number of benzene rings is 3. The van der Waals surface area contributed by atoms with Crippen LogP contribution in [0.1, 0.15) is 11.6 Å². The second-order valence-corrected chi connectivity index (χ2v) is 8.64. The minimum Gasteiger partial charge on any atom is -0.273 e. The number of rotatable bonds is 3. The average Bonchev–Trinajstić information content (AvgIpc) is 3.28. The molecule has 2 amide bonds. The molecule has 3 atom stereocenters. The summed E-state index contributed by atoms with van der Waals surface area (Å²) in [5, 5.41) is 1.54. The van der Waals surface area contributed by atoms with E-state index in [9.17, 15) is 14.0 Å². The number of para-hydroxylation sites is 1. The van der Waals surface area contributed by atoms with E-state index >= 15 is 0 Å². The van der Waals surface area contributed by atoms with Gasteiger partial charge in [-0.05, 0) is 48.0 Å². The topological polar surface area (TPSA) is 49.9 Å². The van der Waals surface area contributed by atoms with Crippen molar-refractivity contribution in [1.29, 1.82) is 0 Å². The molecule has 2 heterocycles. The molecule has 2 aliphatic rings. The van der Waals surface area contributed by atoms with E-state index in [1.54, 1.807) is 5.06 Å². The highest BCUT2D eigenvalue weighted by Gasteiger charge is 2.60. The second-order valence-electron chi connectivity index (χ2n) is 7.32. The zero-order valence-electron chi connectivity index (χ0n) is 15.9. The van der Waals surface area contributed by atoms with Crippen LogP contribution in [0.15, 0.2) is 77.3 Å². The summed E-state index contributed by atoms with van der Waals surface area (Å²) >= 11 is 9.18. The molecule has 0 aliphatic carbocycles. The Morgan fingerprint density at radius 3 is 2.29 bits per heavy atom. The van der Waals surface area contributed by atoms with Crippen molar-refractivity contribution in [2.75, 3.05) is 9.96 Å². The van der Waals surface area contributed by atoms with Gasteiger partial charge in [-0.2, -0.15) is 0 Å². The van der Waals surface area contributed by atoms with Crippen molar-refractivity contribution in [1.82, 2.24) is 0 Å². The van der Waals surface area contributed by atoms with Crippen molar-refractivity contribution >= 4 is 50.7 Å². The monoisotopic (exact) mass is 500 g/mol. The molecule has 0 N–H and O–H groups in total. The van der Waals surface area contributed by atoms with E-state index in [1.165, 1.54) is 12.1 Å². The Hall–Kier alpha value is -2.74. The number of hydrogen-bond acceptors (Lipinski definition) is 4. The normalized spacial score (nSPS) is 22.9. The van der Waals surface area contributed by atoms with Crippen LogP contribution in [0, 0.1) is 11.7 Å². The van der Waals surface area contributed by atoms with Gasteiger partial charge in [-0.3, -0.25) is 14.4 Å². The van der Waals surface area contributed by atoms with Crippen LogP contribution < -0.4 is 9.96 Å². The van der Waals surface area contributed by atoms with Crippen LogP contribution in [0.3, 0.4) is 0 Å². The molecule has 3 aromatic rings. The van der Waals surface area contributed by atoms with Gasteiger partial charge in [0, 0.05) is 4.47 Å². The van der Waals surface area contributed by atoms with Crippen molar-refractivity contribution < 1.29 is 18.8 Å². The maximum Gasteiger partial charge on any atom is 0.266 e. The SMILES string of the molecule is O=C1[C@@H]2[C@@H](ON(c3ccccc3)[C@H]2c2ccc(Br)cc2)C(=O)N1c1ccc(Cl)c(F)c1. The van der Waals surface area contributed by atoms with Crippen LogP contribution in [-0.2, 0) is 14.4 Å². The molecule has 31 heavy (non-hydrogen) atoms. The van der Waals surface area contributed by atoms with Crippen LogP contribution in [0.4, 0.5) is 15.8 Å². The van der Waals surface area contributed by atoms with Crippen molar-refractivity contribution in [2.45, 2.75) is 12.1 Å². The highest BCUT2D eigenvalue weighted by atomic mass is 79.9. The number of nitrogens with zero attached hydrogens (tertiary/aromatic N) is 2. The molecule has 2 saturated heterocycles. The van der Waals surface area contributed by atoms with Crippen molar-refractivity contribution in [3.8, 4) is 0 Å². The van der Waals surface area contributed by atoms with Gasteiger partial charge < -0.3 is 0 Å². The molecular formula is C23H15BrClFN2O3. The first-order valence-electron chi connectivity index (χ1n) is 9.55. The predicted molar refractivity (Wildman–Crippen MR) is 118 cm³/mol. The van der Waals surface area contributed by atoms with Crippen molar-refractivity contribution in [3.63, 3.8) is 0 Å². The van der Waals surface area contributed by atoms with Gasteiger partial charge in [0.15, 0.2) is 6.10 Å². The van der Waals surface area contributed by atoms with Crippen molar-refractivity contribution in [3.05, 3.63) is 93.7 Å². The molecule has 0 unspecified atom stereocenters. The fraction of sp³-hybridized carbons (Fsp3) is 0.130. The minimum atomic E-state index is -1.01. The lowest BCUT2D eigenvalue weighted by Crippen LogP contribution is -2.37. The minimum absolute atomic E-state index is 0.0812. The van der Waals surface area contributed by atoms with E-state index < -0.39 is 35.7 Å². The van der Waals surface area contributed by atoms with Crippen molar-refractivity contribution in [2.24, 2.45) is 5.92 Å². The Morgan fingerprint density at radius 2 is 1.61 bits per heavy atom. The maximum absolute atomic E-state index is 14.0. The van der Waals surface area contributed by atoms with Crippen LogP contribution in [0.5, 0.6) is 0 Å². The Kier molecular flexibility index (Phi) is 5.04. The van der Waals surface area contributed by atoms with Gasteiger partial charge in [0.2, 0.25) is 5.91 Å². The number of anilines is 2. The lowest BCUT2D eigenvalue weighted by Gasteiger charge is -2.28. The van der Waals surface area contributed by atoms with Gasteiger partial charge in [0.25, 0.3) is 5.91 Å². The van der Waals surface area contributed by atoms with Gasteiger partial charge in [-0.15, -0.1) is 0 Å². The summed E-state index contributed by atoms with van der Waals surface area (Å²) in [4.78, 5) is 33.7. The van der Waals surface area contributed by atoms with Crippen LogP contribution in [-0.4, -0.2) is 17.9 Å². The molecule has 156 valence electrons. The van der Waals surface area contributed by atoms with E-state index in [0.29, 0.717) is 0 Å². The summed E-state index contributed by atoms with van der Waals surface area (Å²) in [6, 6.07) is 20.2. The summed E-state index contributed by atoms with van der Waals surface area (Å²) < 4.78 is 14.9. The lowest BCUT2D eigenvalue weighted by molar-refractivity contribution is -0.126. The molecule has 0 radical (unpaired) electrons. The molecule has 0 spiro atoms. The number of fused-ring (bicyclic) bond motifs is 1. The van der Waals surface area contributed by atoms with Crippen LogP contribution >= 0.6 is 27.5 Å². The number of hydroxylamine groups is 1. The summed E-state index contributed by atoms with van der Waals surface area (Å²) in [6.07, 6.45) is -1.01. The third kappa shape index (κ3) is 3.33. The molecule has 0 aromatic heterocycles. The first-order valence-corrected chi connectivity index (χ1v) is 10.7. The molecule has 2 aliphatic heterocycles. The summed E-state index contributed by atoms with van der Waals surface area (Å²) in [6.45, 7) is 0. The number of halogens is 3. The molecule has 8 heteroatoms. The van der Waals surface area contributed by atoms with Gasteiger partial charge in [0.05, 0.1) is 22.4 Å². The summed E-state index contributed by atoms with van der Waals surface area (Å²) in [5.41, 5.74) is 1.69. The standard InChI is InChI=1S/C23H15BrClFN2O3/c24-14-8-6-13(7-9-14)20-19-21(31-28(20)15-4-2-1-3-5-15)23(30)27(22(19)29)16-10-11-17(25)18(26)12-16/h1-12,19-21H/t19-,20-,21+/m0/s1. The lowest BCUT2D eigenvalue weighted by atomic mass is 9.90. The maximum atomic E-state index is 14.0. The molecule has 3 aromatic carbocycles. The first kappa shape index (κ1) is 20.2. The zero-order valence-corrected chi connectivity index (χ0v) is 18.3. The fourth-order valence-electron chi connectivity index (χ4n) is 4.09. The average molecular weight is 502 g/mol. The Labute approximate surface area is 191 Å². The number of amides is 2. The number of carbonyl (C=O) groups excluding carboxylic acids is 2. The largest absolute Gasteiger partial charge is 0.273 e. The predicted octanol–water partition coefficient (Wildman–Crippen LogP) is 5.29. The van der Waals surface area contributed by atoms with Crippen LogP contribution in [0.2, 0.25) is 5.02 Å². The van der Waals surface area contributed by atoms with Gasteiger partial charge in [0.1, 0.15) is 11.7 Å². The van der Waals surface area contributed by atoms with E-state index in [0.717, 1.165) is 26.7 Å².